The Bertz CT molecular complexity index is 1450. The van der Waals surface area contributed by atoms with E-state index in [4.69, 9.17) is 4.74 Å². The first kappa shape index (κ1) is 26.8. The van der Waals surface area contributed by atoms with Gasteiger partial charge in [0.25, 0.3) is 5.91 Å². The molecular formula is C29H32FN5O3. The zero-order valence-corrected chi connectivity index (χ0v) is 21.9. The molecule has 0 unspecified atom stereocenters. The third-order valence-corrected chi connectivity index (χ3v) is 6.55. The van der Waals surface area contributed by atoms with Crippen molar-refractivity contribution in [2.45, 2.75) is 46.0 Å². The summed E-state index contributed by atoms with van der Waals surface area (Å²) in [5.74, 6) is 0.230. The third-order valence-electron chi connectivity index (χ3n) is 6.55. The molecule has 38 heavy (non-hydrogen) atoms. The smallest absolute Gasteiger partial charge is 0.251 e. The van der Waals surface area contributed by atoms with Gasteiger partial charge in [0.15, 0.2) is 23.0 Å². The van der Waals surface area contributed by atoms with Crippen LogP contribution in [-0.4, -0.2) is 40.2 Å². The number of methoxy groups -OCH3 is 1. The number of hydrogen-bond donors (Lipinski definition) is 2. The Morgan fingerprint density at radius 1 is 1.16 bits per heavy atom. The van der Waals surface area contributed by atoms with E-state index in [1.165, 1.54) is 7.11 Å². The van der Waals surface area contributed by atoms with Gasteiger partial charge in [-0.15, -0.1) is 0 Å². The number of hydrogen-bond acceptors (Lipinski definition) is 6. The molecule has 2 aromatic heterocycles. The van der Waals surface area contributed by atoms with Crippen LogP contribution in [0.5, 0.6) is 5.75 Å². The summed E-state index contributed by atoms with van der Waals surface area (Å²) in [6.45, 7) is 4.29. The SMILES string of the molecule is CCc1cc(Nc2nccn3c(-c4ccc(OC)c(F)c4C)cnc23)ccc1C(=O)NCCCCCC=O. The number of aromatic nitrogens is 3. The van der Waals surface area contributed by atoms with Gasteiger partial charge in [0, 0.05) is 42.2 Å². The van der Waals surface area contributed by atoms with Gasteiger partial charge in [-0.25, -0.2) is 14.4 Å². The maximum atomic E-state index is 14.7. The fourth-order valence-corrected chi connectivity index (χ4v) is 4.45. The number of aryl methyl sites for hydroxylation is 1. The normalized spacial score (nSPS) is 10.9. The van der Waals surface area contributed by atoms with Gasteiger partial charge >= 0.3 is 0 Å². The summed E-state index contributed by atoms with van der Waals surface area (Å²) in [5, 5.41) is 6.29. The summed E-state index contributed by atoms with van der Waals surface area (Å²) in [7, 11) is 1.44. The van der Waals surface area contributed by atoms with Gasteiger partial charge in [-0.2, -0.15) is 0 Å². The Morgan fingerprint density at radius 2 is 2.00 bits per heavy atom. The number of rotatable bonds is 12. The monoisotopic (exact) mass is 517 g/mol. The summed E-state index contributed by atoms with van der Waals surface area (Å²) in [5.41, 5.74) is 4.83. The van der Waals surface area contributed by atoms with Gasteiger partial charge in [-0.05, 0) is 67.6 Å². The highest BCUT2D eigenvalue weighted by atomic mass is 19.1. The molecule has 0 saturated heterocycles. The lowest BCUT2D eigenvalue weighted by atomic mass is 10.0. The molecule has 0 spiro atoms. The minimum absolute atomic E-state index is 0.107. The second-order valence-electron chi connectivity index (χ2n) is 8.99. The highest BCUT2D eigenvalue weighted by Crippen LogP contribution is 2.32. The lowest BCUT2D eigenvalue weighted by Gasteiger charge is -2.13. The van der Waals surface area contributed by atoms with E-state index in [0.717, 1.165) is 42.5 Å². The topological polar surface area (TPSA) is 97.6 Å². The number of unbranched alkanes of at least 4 members (excludes halogenated alkanes) is 3. The van der Waals surface area contributed by atoms with Gasteiger partial charge < -0.3 is 20.2 Å². The maximum Gasteiger partial charge on any atom is 0.251 e. The maximum absolute atomic E-state index is 14.7. The number of carbonyl (C=O) groups excluding carboxylic acids is 2. The second-order valence-corrected chi connectivity index (χ2v) is 8.99. The molecule has 8 nitrogen and oxygen atoms in total. The van der Waals surface area contributed by atoms with Crippen molar-refractivity contribution in [3.63, 3.8) is 0 Å². The van der Waals surface area contributed by atoms with Gasteiger partial charge in [-0.3, -0.25) is 9.20 Å². The molecule has 4 rings (SSSR count). The predicted molar refractivity (Wildman–Crippen MR) is 146 cm³/mol. The first-order chi connectivity index (χ1) is 18.5. The van der Waals surface area contributed by atoms with Crippen LogP contribution in [0.15, 0.2) is 48.9 Å². The molecular weight excluding hydrogens is 485 g/mol. The van der Waals surface area contributed by atoms with Gasteiger partial charge in [-0.1, -0.05) is 13.3 Å². The van der Waals surface area contributed by atoms with E-state index in [2.05, 4.69) is 20.6 Å². The molecule has 198 valence electrons. The van der Waals surface area contributed by atoms with E-state index in [0.29, 0.717) is 47.5 Å². The number of anilines is 2. The lowest BCUT2D eigenvalue weighted by Crippen LogP contribution is -2.25. The number of ether oxygens (including phenoxy) is 1. The number of nitrogens with one attached hydrogen (secondary N) is 2. The van der Waals surface area contributed by atoms with E-state index in [-0.39, 0.29) is 11.7 Å². The number of halogens is 1. The van der Waals surface area contributed by atoms with Crippen molar-refractivity contribution in [2.24, 2.45) is 0 Å². The van der Waals surface area contributed by atoms with Gasteiger partial charge in [0.2, 0.25) is 0 Å². The second kappa shape index (κ2) is 12.3. The Morgan fingerprint density at radius 3 is 2.76 bits per heavy atom. The van der Waals surface area contributed by atoms with Gasteiger partial charge in [0.1, 0.15) is 6.29 Å². The minimum atomic E-state index is -0.401. The Kier molecular flexibility index (Phi) is 8.68. The molecule has 0 bridgehead atoms. The van der Waals surface area contributed by atoms with Crippen LogP contribution < -0.4 is 15.4 Å². The largest absolute Gasteiger partial charge is 0.494 e. The van der Waals surface area contributed by atoms with Crippen LogP contribution in [0.3, 0.4) is 0 Å². The molecule has 9 heteroatoms. The number of aldehydes is 1. The van der Waals surface area contributed by atoms with Crippen LogP contribution in [0.25, 0.3) is 16.9 Å². The van der Waals surface area contributed by atoms with Crippen molar-refractivity contribution in [1.82, 2.24) is 19.7 Å². The van der Waals surface area contributed by atoms with Crippen LogP contribution in [0.4, 0.5) is 15.9 Å². The molecule has 2 N–H and O–H groups in total. The van der Waals surface area contributed by atoms with Crippen LogP contribution in [-0.2, 0) is 11.2 Å². The molecule has 0 saturated carbocycles. The highest BCUT2D eigenvalue weighted by molar-refractivity contribution is 5.96. The molecule has 4 aromatic rings. The number of imidazole rings is 1. The molecule has 0 aliphatic carbocycles. The molecule has 1 amide bonds. The summed E-state index contributed by atoms with van der Waals surface area (Å²) in [4.78, 5) is 32.2. The van der Waals surface area contributed by atoms with Crippen LogP contribution in [0.2, 0.25) is 0 Å². The first-order valence-electron chi connectivity index (χ1n) is 12.8. The van der Waals surface area contributed by atoms with Crippen LogP contribution in [0, 0.1) is 12.7 Å². The standard InChI is InChI=1S/C29H32FN5O3/c1-4-20-17-21(9-10-23(20)29(37)32-13-7-5-6-8-16-36)34-27-28-33-18-24(35(28)15-14-31-27)22-11-12-25(38-3)26(30)19(22)2/h9-12,14-18H,4-8,13H2,1-3H3,(H,31,34)(H,32,37). The van der Waals surface area contributed by atoms with Gasteiger partial charge in [0.05, 0.1) is 19.0 Å². The molecule has 0 fully saturated rings. The average Bonchev–Trinajstić information content (AvgIpc) is 3.37. The molecule has 2 heterocycles. The lowest BCUT2D eigenvalue weighted by molar-refractivity contribution is -0.107. The highest BCUT2D eigenvalue weighted by Gasteiger charge is 2.17. The predicted octanol–water partition coefficient (Wildman–Crippen LogP) is 5.65. The summed E-state index contributed by atoms with van der Waals surface area (Å²) >= 11 is 0. The van der Waals surface area contributed by atoms with E-state index in [1.807, 2.05) is 35.6 Å². The molecule has 0 aliphatic rings. The number of fused-ring (bicyclic) bond motifs is 1. The van der Waals surface area contributed by atoms with E-state index < -0.39 is 5.82 Å². The Balaban J connectivity index is 1.54. The van der Waals surface area contributed by atoms with E-state index in [9.17, 15) is 14.0 Å². The van der Waals surface area contributed by atoms with Crippen molar-refractivity contribution in [3.05, 3.63) is 71.4 Å². The zero-order chi connectivity index (χ0) is 27.1. The van der Waals surface area contributed by atoms with Crippen molar-refractivity contribution in [1.29, 1.82) is 0 Å². The molecule has 2 aromatic carbocycles. The first-order valence-corrected chi connectivity index (χ1v) is 12.8. The van der Waals surface area contributed by atoms with Crippen LogP contribution >= 0.6 is 0 Å². The zero-order valence-electron chi connectivity index (χ0n) is 21.9. The van der Waals surface area contributed by atoms with Crippen molar-refractivity contribution in [2.75, 3.05) is 19.0 Å². The molecule has 0 atom stereocenters. The average molecular weight is 518 g/mol. The summed E-state index contributed by atoms with van der Waals surface area (Å²) in [6, 6.07) is 9.02. The molecule has 0 aliphatic heterocycles. The van der Waals surface area contributed by atoms with Crippen molar-refractivity contribution in [3.8, 4) is 17.0 Å². The Hall–Kier alpha value is -4.27. The van der Waals surface area contributed by atoms with Crippen LogP contribution in [0.1, 0.15) is 54.1 Å². The summed E-state index contributed by atoms with van der Waals surface area (Å²) < 4.78 is 21.7. The Labute approximate surface area is 221 Å². The summed E-state index contributed by atoms with van der Waals surface area (Å²) in [6.07, 6.45) is 9.90. The minimum Gasteiger partial charge on any atom is -0.494 e. The number of benzene rings is 2. The van der Waals surface area contributed by atoms with E-state index >= 15 is 0 Å². The van der Waals surface area contributed by atoms with E-state index in [1.54, 1.807) is 31.6 Å². The number of carbonyl (C=O) groups is 2. The van der Waals surface area contributed by atoms with Crippen molar-refractivity contribution >= 4 is 29.3 Å². The number of amides is 1. The quantitative estimate of drug-likeness (QED) is 0.186. The van der Waals surface area contributed by atoms with Crippen molar-refractivity contribution < 1.29 is 18.7 Å². The molecule has 0 radical (unpaired) electrons. The third kappa shape index (κ3) is 5.66. The fourth-order valence-electron chi connectivity index (χ4n) is 4.45. The fraction of sp³-hybridized carbons (Fsp3) is 0.310. The number of nitrogens with zero attached hydrogens (tertiary/aromatic N) is 3.